The van der Waals surface area contributed by atoms with Gasteiger partial charge in [0.2, 0.25) is 23.8 Å². The Morgan fingerprint density at radius 3 is 2.56 bits per heavy atom. The van der Waals surface area contributed by atoms with Gasteiger partial charge >= 0.3 is 11.7 Å². The van der Waals surface area contributed by atoms with Gasteiger partial charge in [-0.15, -0.1) is 5.10 Å². The number of esters is 1. The molecule has 0 bridgehead atoms. The van der Waals surface area contributed by atoms with Gasteiger partial charge in [-0.25, -0.2) is 0 Å². The zero-order chi connectivity index (χ0) is 23.0. The smallest absolute Gasteiger partial charge is 0.313 e. The largest absolute Gasteiger partial charge is 0.446 e. The number of hydrogen-bond acceptors (Lipinski definition) is 7. The lowest BCUT2D eigenvalue weighted by Crippen LogP contribution is -2.25. The van der Waals surface area contributed by atoms with E-state index in [-0.39, 0.29) is 17.2 Å². The fraction of sp³-hybridized carbons (Fsp3) is 0.136. The molecule has 0 saturated heterocycles. The van der Waals surface area contributed by atoms with Gasteiger partial charge in [-0.1, -0.05) is 58.4 Å². The topological polar surface area (TPSA) is 111 Å². The van der Waals surface area contributed by atoms with Gasteiger partial charge in [0.05, 0.1) is 10.5 Å². The van der Waals surface area contributed by atoms with E-state index in [1.165, 1.54) is 19.1 Å². The lowest BCUT2D eigenvalue weighted by Gasteiger charge is -2.21. The molecule has 0 saturated carbocycles. The summed E-state index contributed by atoms with van der Waals surface area (Å²) >= 11 is 3.23. The van der Waals surface area contributed by atoms with Crippen LogP contribution in [0.25, 0.3) is 10.8 Å². The molecule has 0 aliphatic carbocycles. The first kappa shape index (κ1) is 21.4. The maximum Gasteiger partial charge on any atom is 0.313 e. The van der Waals surface area contributed by atoms with Crippen LogP contribution in [0.3, 0.4) is 0 Å². The second kappa shape index (κ2) is 8.39. The van der Waals surface area contributed by atoms with E-state index in [0.29, 0.717) is 10.0 Å². The van der Waals surface area contributed by atoms with E-state index in [1.54, 1.807) is 0 Å². The van der Waals surface area contributed by atoms with Crippen LogP contribution in [0.2, 0.25) is 0 Å². The molecule has 0 radical (unpaired) electrons. The molecule has 3 aromatic carbocycles. The fourth-order valence-electron chi connectivity index (χ4n) is 3.47. The number of nitrogens with zero attached hydrogens (tertiary/aromatic N) is 3. The van der Waals surface area contributed by atoms with Crippen LogP contribution in [-0.4, -0.2) is 27.7 Å². The standard InChI is InChI=1S/C22H16BrN3O6/c1-12(27)25-22(17-9-5-7-14-6-3-4-8-16(14)17)32-21(24-25)18-10-15(23)11-19(26(29)30)20(18)31-13(2)28/h3-11,22H,1-2H3. The van der Waals surface area contributed by atoms with Crippen molar-refractivity contribution in [1.82, 2.24) is 5.01 Å². The van der Waals surface area contributed by atoms with Crippen molar-refractivity contribution in [3.63, 3.8) is 0 Å². The molecule has 0 spiro atoms. The third-order valence-electron chi connectivity index (χ3n) is 4.76. The fourth-order valence-corrected chi connectivity index (χ4v) is 3.91. The van der Waals surface area contributed by atoms with Crippen LogP contribution in [0.5, 0.6) is 5.75 Å². The predicted octanol–water partition coefficient (Wildman–Crippen LogP) is 4.67. The second-order valence-corrected chi connectivity index (χ2v) is 7.88. The summed E-state index contributed by atoms with van der Waals surface area (Å²) < 4.78 is 11.5. The van der Waals surface area contributed by atoms with Crippen LogP contribution >= 0.6 is 15.9 Å². The monoisotopic (exact) mass is 497 g/mol. The molecule has 9 nitrogen and oxygen atoms in total. The Kier molecular flexibility index (Phi) is 5.62. The third-order valence-corrected chi connectivity index (χ3v) is 5.22. The van der Waals surface area contributed by atoms with E-state index < -0.39 is 28.7 Å². The minimum absolute atomic E-state index is 0.0651. The molecular weight excluding hydrogens is 482 g/mol. The molecule has 1 unspecified atom stereocenters. The van der Waals surface area contributed by atoms with Crippen LogP contribution in [0.15, 0.2) is 64.2 Å². The Hall–Kier alpha value is -3.79. The molecule has 3 aromatic rings. The molecule has 1 aliphatic rings. The van der Waals surface area contributed by atoms with Crippen LogP contribution in [0, 0.1) is 10.1 Å². The number of ether oxygens (including phenoxy) is 2. The van der Waals surface area contributed by atoms with Crippen molar-refractivity contribution in [3.05, 3.63) is 80.3 Å². The molecule has 1 amide bonds. The number of hydrogen-bond donors (Lipinski definition) is 0. The van der Waals surface area contributed by atoms with Crippen molar-refractivity contribution < 1.29 is 24.0 Å². The summed E-state index contributed by atoms with van der Waals surface area (Å²) in [6.45, 7) is 2.47. The summed E-state index contributed by atoms with van der Waals surface area (Å²) in [4.78, 5) is 34.9. The highest BCUT2D eigenvalue weighted by Gasteiger charge is 2.37. The quantitative estimate of drug-likeness (QED) is 0.224. The summed E-state index contributed by atoms with van der Waals surface area (Å²) in [7, 11) is 0. The number of fused-ring (bicyclic) bond motifs is 1. The molecule has 32 heavy (non-hydrogen) atoms. The first-order chi connectivity index (χ1) is 15.3. The van der Waals surface area contributed by atoms with Gasteiger partial charge in [-0.3, -0.25) is 19.7 Å². The molecule has 0 N–H and O–H groups in total. The number of carbonyl (C=O) groups is 2. The maximum absolute atomic E-state index is 12.4. The summed E-state index contributed by atoms with van der Waals surface area (Å²) in [5.41, 5.74) is 0.310. The lowest BCUT2D eigenvalue weighted by atomic mass is 10.0. The minimum Gasteiger partial charge on any atom is -0.446 e. The highest BCUT2D eigenvalue weighted by Crippen LogP contribution is 2.40. The number of benzene rings is 3. The van der Waals surface area contributed by atoms with E-state index in [0.717, 1.165) is 22.7 Å². The average molecular weight is 498 g/mol. The van der Waals surface area contributed by atoms with Gasteiger partial charge in [0.1, 0.15) is 0 Å². The second-order valence-electron chi connectivity index (χ2n) is 6.96. The third kappa shape index (κ3) is 3.92. The molecule has 0 aromatic heterocycles. The van der Waals surface area contributed by atoms with Gasteiger partial charge in [-0.05, 0) is 16.8 Å². The van der Waals surface area contributed by atoms with Gasteiger partial charge in [0.25, 0.3) is 0 Å². The van der Waals surface area contributed by atoms with Crippen molar-refractivity contribution in [3.8, 4) is 5.75 Å². The van der Waals surface area contributed by atoms with Gasteiger partial charge < -0.3 is 9.47 Å². The highest BCUT2D eigenvalue weighted by molar-refractivity contribution is 9.10. The van der Waals surface area contributed by atoms with Gasteiger partial charge in [-0.2, -0.15) is 5.01 Å². The summed E-state index contributed by atoms with van der Waals surface area (Å²) in [5, 5.41) is 18.8. The van der Waals surface area contributed by atoms with E-state index in [9.17, 15) is 19.7 Å². The highest BCUT2D eigenvalue weighted by atomic mass is 79.9. The molecule has 162 valence electrons. The van der Waals surface area contributed by atoms with Crippen LogP contribution in [0.1, 0.15) is 31.2 Å². The first-order valence-electron chi connectivity index (χ1n) is 9.45. The minimum atomic E-state index is -0.906. The number of nitro groups is 1. The van der Waals surface area contributed by atoms with E-state index in [2.05, 4.69) is 21.0 Å². The van der Waals surface area contributed by atoms with Crippen LogP contribution < -0.4 is 4.74 Å². The number of amides is 1. The average Bonchev–Trinajstić information content (AvgIpc) is 3.19. The van der Waals surface area contributed by atoms with Crippen LogP contribution in [-0.2, 0) is 14.3 Å². The Morgan fingerprint density at radius 2 is 1.88 bits per heavy atom. The Labute approximate surface area is 190 Å². The molecule has 1 atom stereocenters. The number of halogens is 1. The van der Waals surface area contributed by atoms with E-state index >= 15 is 0 Å². The zero-order valence-corrected chi connectivity index (χ0v) is 18.5. The van der Waals surface area contributed by atoms with Crippen LogP contribution in [0.4, 0.5) is 5.69 Å². The van der Waals surface area contributed by atoms with Gasteiger partial charge in [0, 0.05) is 30.0 Å². The number of nitro benzene ring substituents is 1. The van der Waals surface area contributed by atoms with Crippen molar-refractivity contribution in [1.29, 1.82) is 0 Å². The SMILES string of the molecule is CC(=O)Oc1c(C2=NN(C(C)=O)C(c3cccc4ccccc34)O2)cc(Br)cc1[N+](=O)[O-]. The Balaban J connectivity index is 1.86. The molecule has 4 rings (SSSR count). The normalized spacial score (nSPS) is 15.3. The van der Waals surface area contributed by atoms with Crippen molar-refractivity contribution in [2.45, 2.75) is 20.1 Å². The molecule has 10 heteroatoms. The molecular formula is C22H16BrN3O6. The Bertz CT molecular complexity index is 1300. The summed E-state index contributed by atoms with van der Waals surface area (Å²) in [5.74, 6) is -1.54. The predicted molar refractivity (Wildman–Crippen MR) is 119 cm³/mol. The van der Waals surface area contributed by atoms with Crippen molar-refractivity contribution in [2.24, 2.45) is 5.10 Å². The van der Waals surface area contributed by atoms with Gasteiger partial charge in [0.15, 0.2) is 0 Å². The number of rotatable bonds is 4. The zero-order valence-electron chi connectivity index (χ0n) is 16.9. The van der Waals surface area contributed by atoms with Crippen molar-refractivity contribution >= 4 is 50.2 Å². The maximum atomic E-state index is 12.4. The molecule has 1 heterocycles. The first-order valence-corrected chi connectivity index (χ1v) is 10.2. The number of carbonyl (C=O) groups excluding carboxylic acids is 2. The lowest BCUT2D eigenvalue weighted by molar-refractivity contribution is -0.385. The summed E-state index contributed by atoms with van der Waals surface area (Å²) in [6.07, 6.45) is -0.906. The van der Waals surface area contributed by atoms with E-state index in [4.69, 9.17) is 9.47 Å². The van der Waals surface area contributed by atoms with E-state index in [1.807, 2.05) is 42.5 Å². The molecule has 1 aliphatic heterocycles. The number of hydrazone groups is 1. The molecule has 0 fully saturated rings. The summed E-state index contributed by atoms with van der Waals surface area (Å²) in [6, 6.07) is 15.9. The Morgan fingerprint density at radius 1 is 1.16 bits per heavy atom. The van der Waals surface area contributed by atoms with Crippen molar-refractivity contribution in [2.75, 3.05) is 0 Å².